The summed E-state index contributed by atoms with van der Waals surface area (Å²) in [6, 6.07) is 7.16. The van der Waals surface area contributed by atoms with Crippen molar-refractivity contribution >= 4 is 24.2 Å². The first-order valence-electron chi connectivity index (χ1n) is 5.58. The molecule has 9 heteroatoms. The minimum absolute atomic E-state index is 0. The summed E-state index contributed by atoms with van der Waals surface area (Å²) in [4.78, 5) is 11.7. The van der Waals surface area contributed by atoms with Crippen LogP contribution in [0.2, 0.25) is 0 Å². The summed E-state index contributed by atoms with van der Waals surface area (Å²) < 4.78 is 39.0. The molecule has 21 heavy (non-hydrogen) atoms. The predicted octanol–water partition coefficient (Wildman–Crippen LogP) is -0.386. The number of carbonyl (C=O) groups is 1. The van der Waals surface area contributed by atoms with Crippen LogP contribution >= 0.6 is 0 Å². The molecule has 1 aromatic rings. The summed E-state index contributed by atoms with van der Waals surface area (Å²) in [6.45, 7) is 0.223. The third kappa shape index (κ3) is 12.3. The largest absolute Gasteiger partial charge is 1.00 e. The lowest BCUT2D eigenvalue weighted by Gasteiger charge is -2.05. The molecule has 0 atom stereocenters. The Morgan fingerprint density at radius 1 is 1.19 bits per heavy atom. The topological polar surface area (TPSA) is 35.5 Å². The van der Waals surface area contributed by atoms with Crippen LogP contribution in [0.1, 0.15) is 10.4 Å². The molecule has 0 saturated carbocycles. The Labute approximate surface area is 124 Å². The average molecular weight is 328 g/mol. The van der Waals surface area contributed by atoms with Crippen molar-refractivity contribution in [2.24, 2.45) is 0 Å². The lowest BCUT2D eigenvalue weighted by molar-refractivity contribution is -0.0000184. The van der Waals surface area contributed by atoms with Crippen molar-refractivity contribution in [1.82, 2.24) is 0 Å². The number of ketones is 1. The molecule has 0 radical (unpaired) electrons. The van der Waals surface area contributed by atoms with E-state index in [4.69, 9.17) is 9.47 Å². The van der Waals surface area contributed by atoms with Crippen molar-refractivity contribution in [3.05, 3.63) is 29.8 Å². The van der Waals surface area contributed by atoms with Crippen molar-refractivity contribution in [2.75, 3.05) is 32.2 Å². The molecule has 0 N–H and O–H groups in total. The number of ether oxygens (including phenoxy) is 2. The van der Waals surface area contributed by atoms with E-state index in [1.165, 1.54) is 0 Å². The second kappa shape index (κ2) is 12.5. The van der Waals surface area contributed by atoms with Crippen LogP contribution in [0.15, 0.2) is 24.3 Å². The van der Waals surface area contributed by atoms with Gasteiger partial charge in [-0.3, -0.25) is 17.7 Å². The predicted molar refractivity (Wildman–Crippen MR) is 76.4 cm³/mol. The highest BCUT2D eigenvalue weighted by Gasteiger charge is 2.13. The van der Waals surface area contributed by atoms with Gasteiger partial charge in [-0.1, -0.05) is 0 Å². The van der Waals surface area contributed by atoms with Gasteiger partial charge in [-0.2, -0.15) is 0 Å². The van der Waals surface area contributed by atoms with E-state index in [0.717, 1.165) is 5.56 Å². The maximum atomic E-state index is 11.7. The van der Waals surface area contributed by atoms with Gasteiger partial charge in [-0.15, -0.1) is 0 Å². The van der Waals surface area contributed by atoms with Crippen molar-refractivity contribution in [2.45, 2.75) is 0 Å². The van der Waals surface area contributed by atoms with E-state index in [-0.39, 0.29) is 28.2 Å². The SMILES string of the molecule is COCOc1ccc(C(=O)C[S+](C)C)cc1.FB(F)F.[F-]. The third-order valence-electron chi connectivity index (χ3n) is 1.94. The minimum atomic E-state index is -3.67. The van der Waals surface area contributed by atoms with Crippen LogP contribution in [0.25, 0.3) is 0 Å². The molecular weight excluding hydrogens is 311 g/mol. The van der Waals surface area contributed by atoms with E-state index < -0.39 is 7.54 Å². The lowest BCUT2D eigenvalue weighted by Crippen LogP contribution is -3.00. The van der Waals surface area contributed by atoms with Gasteiger partial charge in [0.15, 0.2) is 12.5 Å². The second-order valence-corrected chi connectivity index (χ2v) is 6.14. The van der Waals surface area contributed by atoms with Gasteiger partial charge in [0.2, 0.25) is 5.78 Å². The fourth-order valence-electron chi connectivity index (χ4n) is 1.21. The fourth-order valence-corrected chi connectivity index (χ4v) is 1.90. The normalized spacial score (nSPS) is 9.29. The molecule has 0 fully saturated rings. The van der Waals surface area contributed by atoms with Gasteiger partial charge >= 0.3 is 7.54 Å². The van der Waals surface area contributed by atoms with Crippen LogP contribution in [0.5, 0.6) is 5.75 Å². The standard InChI is InChI=1S/C12H17O3S.BF3.FH/c1-14-9-15-11-6-4-10(5-7-11)12(13)8-16(2)3;2-1(3)4;/h4-7H,8-9H2,1-3H3;;1H/q+1;;/p-1. The molecule has 0 aliphatic carbocycles. The molecule has 0 bridgehead atoms. The molecule has 0 amide bonds. The van der Waals surface area contributed by atoms with Gasteiger partial charge in [0, 0.05) is 12.7 Å². The van der Waals surface area contributed by atoms with Crippen LogP contribution in [-0.4, -0.2) is 45.5 Å². The zero-order valence-electron chi connectivity index (χ0n) is 11.9. The number of Topliss-reactive ketones (excluding diaryl/α,β-unsaturated/α-hetero) is 1. The van der Waals surface area contributed by atoms with Crippen molar-refractivity contribution in [1.29, 1.82) is 0 Å². The molecule has 0 aliphatic heterocycles. The van der Waals surface area contributed by atoms with E-state index in [9.17, 15) is 17.7 Å². The molecule has 1 rings (SSSR count). The highest BCUT2D eigenvalue weighted by atomic mass is 32.2. The highest BCUT2D eigenvalue weighted by Crippen LogP contribution is 2.13. The smallest absolute Gasteiger partial charge is 0.762 e. The van der Waals surface area contributed by atoms with Crippen molar-refractivity contribution in [3.63, 3.8) is 0 Å². The number of carbonyl (C=O) groups excluding carboxylic acids is 1. The van der Waals surface area contributed by atoms with Crippen LogP contribution in [-0.2, 0) is 15.6 Å². The Bertz CT molecular complexity index is 388. The number of benzene rings is 1. The molecule has 0 heterocycles. The third-order valence-corrected chi connectivity index (χ3v) is 2.78. The summed E-state index contributed by atoms with van der Waals surface area (Å²) in [5.41, 5.74) is 0.742. The molecular formula is C12H17BF4O3S. The molecule has 0 saturated heterocycles. The van der Waals surface area contributed by atoms with E-state index in [1.807, 2.05) is 0 Å². The Morgan fingerprint density at radius 3 is 2.05 bits per heavy atom. The molecule has 1 aromatic carbocycles. The number of halogens is 4. The summed E-state index contributed by atoms with van der Waals surface area (Å²) >= 11 is 0. The molecule has 0 aromatic heterocycles. The van der Waals surface area contributed by atoms with Gasteiger partial charge in [0.05, 0.1) is 12.5 Å². The summed E-state index contributed by atoms with van der Waals surface area (Å²) in [6.07, 6.45) is 4.13. The monoisotopic (exact) mass is 328 g/mol. The zero-order valence-corrected chi connectivity index (χ0v) is 12.8. The van der Waals surface area contributed by atoms with Gasteiger partial charge in [0.1, 0.15) is 5.75 Å². The Hall–Kier alpha value is -1.22. The average Bonchev–Trinajstić information content (AvgIpc) is 2.35. The quantitative estimate of drug-likeness (QED) is 0.235. The molecule has 0 spiro atoms. The second-order valence-electron chi connectivity index (χ2n) is 3.88. The Kier molecular flexibility index (Phi) is 13.2. The van der Waals surface area contributed by atoms with E-state index in [2.05, 4.69) is 12.5 Å². The maximum Gasteiger partial charge on any atom is 0.762 e. The van der Waals surface area contributed by atoms with Gasteiger partial charge in [0.25, 0.3) is 0 Å². The van der Waals surface area contributed by atoms with Crippen LogP contribution in [0.3, 0.4) is 0 Å². The number of hydrogen-bond acceptors (Lipinski definition) is 3. The Morgan fingerprint density at radius 2 is 1.67 bits per heavy atom. The van der Waals surface area contributed by atoms with E-state index >= 15 is 0 Å². The van der Waals surface area contributed by atoms with Crippen LogP contribution in [0, 0.1) is 0 Å². The van der Waals surface area contributed by atoms with E-state index in [1.54, 1.807) is 31.4 Å². The van der Waals surface area contributed by atoms with Gasteiger partial charge in [-0.05, 0) is 35.2 Å². The molecule has 0 aliphatic rings. The zero-order chi connectivity index (χ0) is 15.5. The van der Waals surface area contributed by atoms with E-state index in [0.29, 0.717) is 11.5 Å². The highest BCUT2D eigenvalue weighted by molar-refractivity contribution is 7.96. The number of methoxy groups -OCH3 is 1. The molecule has 0 unspecified atom stereocenters. The van der Waals surface area contributed by atoms with Gasteiger partial charge in [-0.25, -0.2) is 0 Å². The number of hydrogen-bond donors (Lipinski definition) is 0. The first-order valence-corrected chi connectivity index (χ1v) is 7.79. The van der Waals surface area contributed by atoms with Gasteiger partial charge < -0.3 is 14.2 Å². The lowest BCUT2D eigenvalue weighted by atomic mass is 10.1. The summed E-state index contributed by atoms with van der Waals surface area (Å²) in [7, 11) is -1.95. The maximum absolute atomic E-state index is 11.7. The molecule has 3 nitrogen and oxygen atoms in total. The van der Waals surface area contributed by atoms with Crippen molar-refractivity contribution < 1.29 is 31.9 Å². The van der Waals surface area contributed by atoms with Crippen LogP contribution < -0.4 is 9.44 Å². The summed E-state index contributed by atoms with van der Waals surface area (Å²) in [5, 5.41) is 0. The minimum Gasteiger partial charge on any atom is -1.00 e. The number of rotatable bonds is 6. The first kappa shape index (κ1) is 22.1. The Balaban J connectivity index is 0. The first-order chi connectivity index (χ1) is 9.36. The van der Waals surface area contributed by atoms with Crippen LogP contribution in [0.4, 0.5) is 12.9 Å². The van der Waals surface area contributed by atoms with Crippen molar-refractivity contribution in [3.8, 4) is 5.75 Å². The fraction of sp³-hybridized carbons (Fsp3) is 0.417. The molecule has 120 valence electrons. The summed E-state index contributed by atoms with van der Waals surface area (Å²) in [5.74, 6) is 1.51.